The van der Waals surface area contributed by atoms with Crippen molar-refractivity contribution in [2.75, 3.05) is 33.5 Å². The van der Waals surface area contributed by atoms with Crippen molar-refractivity contribution in [2.24, 2.45) is 0 Å². The second-order valence-corrected chi connectivity index (χ2v) is 15.1. The predicted molar refractivity (Wildman–Crippen MR) is 214 cm³/mol. The molecule has 0 amide bonds. The third-order valence-electron chi connectivity index (χ3n) is 8.79. The molecule has 0 aliphatic rings. The second kappa shape index (κ2) is 20.1. The smallest absolute Gasteiger partial charge is 0.206 e. The molecule has 4 aromatic carbocycles. The Morgan fingerprint density at radius 3 is 1.28 bits per heavy atom. The Hall–Kier alpha value is -4.77. The number of methoxy groups -OCH3 is 1. The summed E-state index contributed by atoms with van der Waals surface area (Å²) >= 11 is 0. The van der Waals surface area contributed by atoms with E-state index in [4.69, 9.17) is 28.4 Å². The van der Waals surface area contributed by atoms with Gasteiger partial charge in [0.2, 0.25) is 9.84 Å². The number of ether oxygens (including phenoxy) is 6. The fourth-order valence-corrected chi connectivity index (χ4v) is 7.15. The largest absolute Gasteiger partial charge is 0.496 e. The van der Waals surface area contributed by atoms with Crippen molar-refractivity contribution in [1.82, 2.24) is 0 Å². The fraction of sp³-hybridized carbons (Fsp3) is 0.289. The van der Waals surface area contributed by atoms with Crippen LogP contribution in [0.3, 0.4) is 0 Å². The van der Waals surface area contributed by atoms with Crippen LogP contribution in [0.15, 0.2) is 133 Å². The van der Waals surface area contributed by atoms with Crippen LogP contribution in [-0.2, 0) is 60.6 Å². The van der Waals surface area contributed by atoms with E-state index in [-0.39, 0.29) is 23.0 Å². The number of sulfone groups is 1. The first-order chi connectivity index (χ1) is 26.0. The van der Waals surface area contributed by atoms with Gasteiger partial charge in [-0.3, -0.25) is 0 Å². The van der Waals surface area contributed by atoms with Crippen LogP contribution in [0, 0.1) is 6.92 Å². The molecule has 0 unspecified atom stereocenters. The predicted octanol–water partition coefficient (Wildman–Crippen LogP) is 9.77. The summed E-state index contributed by atoms with van der Waals surface area (Å²) in [4.78, 5) is 0.399. The standard InChI is InChI=1S/C45H52O8S/c1-9-21-49-29-34-25-38(26-35(43(34)48-8)30-50-22-10-2)45(6,7)39-27-36(31-51-23-11-3)44(37(28-39)32-52-24-12-4)53-40-15-19-42(20-16-40)54(46,47)41-17-13-33(5)14-18-41/h9-20,25-28H,1-4,21-24,29-32H2,5-8H3. The normalized spacial score (nSPS) is 11.6. The van der Waals surface area contributed by atoms with E-state index in [0.717, 1.165) is 38.9 Å². The van der Waals surface area contributed by atoms with Gasteiger partial charge in [0.05, 0.1) is 69.8 Å². The molecule has 0 atom stereocenters. The molecular weight excluding hydrogens is 701 g/mol. The van der Waals surface area contributed by atoms with Crippen molar-refractivity contribution in [1.29, 1.82) is 0 Å². The SMILES string of the molecule is C=CCOCc1cc(C(C)(C)c2cc(COCC=C)c(Oc3ccc(S(=O)(=O)c4ccc(C)cc4)cc3)c(COCC=C)c2)cc(COCC=C)c1OC. The summed E-state index contributed by atoms with van der Waals surface area (Å²) in [5, 5.41) is 0. The lowest BCUT2D eigenvalue weighted by molar-refractivity contribution is 0.139. The number of rotatable bonds is 23. The summed E-state index contributed by atoms with van der Waals surface area (Å²) in [6.07, 6.45) is 6.81. The minimum absolute atomic E-state index is 0.169. The molecule has 0 N–H and O–H groups in total. The maximum absolute atomic E-state index is 13.4. The molecule has 0 bridgehead atoms. The van der Waals surface area contributed by atoms with Crippen LogP contribution >= 0.6 is 0 Å². The number of hydrogen-bond donors (Lipinski definition) is 0. The maximum Gasteiger partial charge on any atom is 0.206 e. The summed E-state index contributed by atoms with van der Waals surface area (Å²) in [5.74, 6) is 1.73. The van der Waals surface area contributed by atoms with Gasteiger partial charge in [-0.15, -0.1) is 26.3 Å². The van der Waals surface area contributed by atoms with Gasteiger partial charge in [0.1, 0.15) is 17.2 Å². The van der Waals surface area contributed by atoms with E-state index >= 15 is 0 Å². The maximum atomic E-state index is 13.4. The molecule has 0 radical (unpaired) electrons. The zero-order valence-corrected chi connectivity index (χ0v) is 32.7. The van der Waals surface area contributed by atoms with E-state index in [1.807, 2.05) is 6.92 Å². The third kappa shape index (κ3) is 10.7. The van der Waals surface area contributed by atoms with Crippen molar-refractivity contribution >= 4 is 9.84 Å². The molecule has 4 rings (SSSR count). The molecule has 0 aliphatic carbocycles. The van der Waals surface area contributed by atoms with Gasteiger partial charge in [-0.2, -0.15) is 0 Å². The Morgan fingerprint density at radius 1 is 0.574 bits per heavy atom. The molecular formula is C45H52O8S. The van der Waals surface area contributed by atoms with Crippen molar-refractivity contribution in [3.05, 3.63) is 162 Å². The van der Waals surface area contributed by atoms with Crippen LogP contribution in [0.4, 0.5) is 0 Å². The highest BCUT2D eigenvalue weighted by molar-refractivity contribution is 7.91. The van der Waals surface area contributed by atoms with Gasteiger partial charge in [0.15, 0.2) is 0 Å². The Kier molecular flexibility index (Phi) is 15.6. The number of hydrogen-bond acceptors (Lipinski definition) is 8. The van der Waals surface area contributed by atoms with Crippen molar-refractivity contribution < 1.29 is 36.8 Å². The zero-order chi connectivity index (χ0) is 39.1. The molecule has 0 saturated heterocycles. The molecule has 0 spiro atoms. The van der Waals surface area contributed by atoms with Crippen LogP contribution in [-0.4, -0.2) is 42.0 Å². The lowest BCUT2D eigenvalue weighted by atomic mass is 9.76. The van der Waals surface area contributed by atoms with Crippen LogP contribution in [0.25, 0.3) is 0 Å². The molecule has 4 aromatic rings. The molecule has 8 nitrogen and oxygen atoms in total. The average molecular weight is 753 g/mol. The minimum atomic E-state index is -3.71. The van der Waals surface area contributed by atoms with Gasteiger partial charge < -0.3 is 28.4 Å². The van der Waals surface area contributed by atoms with E-state index in [9.17, 15) is 8.42 Å². The summed E-state index contributed by atoms with van der Waals surface area (Å²) < 4.78 is 62.9. The Morgan fingerprint density at radius 2 is 0.926 bits per heavy atom. The molecule has 9 heteroatoms. The summed E-state index contributed by atoms with van der Waals surface area (Å²) in [6.45, 7) is 24.0. The topological polar surface area (TPSA) is 89.5 Å². The van der Waals surface area contributed by atoms with Crippen LogP contribution in [0.1, 0.15) is 52.8 Å². The lowest BCUT2D eigenvalue weighted by Crippen LogP contribution is -2.21. The van der Waals surface area contributed by atoms with Crippen LogP contribution < -0.4 is 9.47 Å². The minimum Gasteiger partial charge on any atom is -0.496 e. The molecule has 0 heterocycles. The van der Waals surface area contributed by atoms with Crippen molar-refractivity contribution in [3.63, 3.8) is 0 Å². The highest BCUT2D eigenvalue weighted by Crippen LogP contribution is 2.41. The zero-order valence-electron chi connectivity index (χ0n) is 31.9. The highest BCUT2D eigenvalue weighted by Gasteiger charge is 2.29. The molecule has 286 valence electrons. The Balaban J connectivity index is 1.82. The molecule has 0 aliphatic heterocycles. The second-order valence-electron chi connectivity index (χ2n) is 13.2. The quantitative estimate of drug-likeness (QED) is 0.0547. The van der Waals surface area contributed by atoms with E-state index < -0.39 is 15.3 Å². The summed E-state index contributed by atoms with van der Waals surface area (Å²) in [6, 6.07) is 21.6. The van der Waals surface area contributed by atoms with Crippen molar-refractivity contribution in [3.8, 4) is 17.2 Å². The van der Waals surface area contributed by atoms with Crippen LogP contribution in [0.5, 0.6) is 17.2 Å². The fourth-order valence-electron chi connectivity index (χ4n) is 5.89. The average Bonchev–Trinajstić information content (AvgIpc) is 3.16. The van der Waals surface area contributed by atoms with Gasteiger partial charge >= 0.3 is 0 Å². The van der Waals surface area contributed by atoms with Crippen LogP contribution in [0.2, 0.25) is 0 Å². The summed E-state index contributed by atoms with van der Waals surface area (Å²) in [7, 11) is -2.06. The van der Waals surface area contributed by atoms with Gasteiger partial charge in [0, 0.05) is 27.7 Å². The summed E-state index contributed by atoms with van der Waals surface area (Å²) in [5.41, 5.74) is 5.80. The molecule has 0 saturated carbocycles. The number of benzene rings is 4. The first-order valence-electron chi connectivity index (χ1n) is 17.7. The molecule has 54 heavy (non-hydrogen) atoms. The molecule has 0 fully saturated rings. The van der Waals surface area contributed by atoms with Gasteiger partial charge in [-0.05, 0) is 78.7 Å². The van der Waals surface area contributed by atoms with E-state index in [0.29, 0.717) is 56.9 Å². The van der Waals surface area contributed by atoms with Gasteiger partial charge in [-0.25, -0.2) is 8.42 Å². The monoisotopic (exact) mass is 752 g/mol. The highest BCUT2D eigenvalue weighted by atomic mass is 32.2. The Labute approximate surface area is 321 Å². The number of aryl methyl sites for hydroxylation is 1. The first kappa shape index (κ1) is 42.0. The molecule has 0 aromatic heterocycles. The first-order valence-corrected chi connectivity index (χ1v) is 19.2. The third-order valence-corrected chi connectivity index (χ3v) is 10.6. The van der Waals surface area contributed by atoms with Gasteiger partial charge in [-0.1, -0.05) is 55.8 Å². The lowest BCUT2D eigenvalue weighted by Gasteiger charge is -2.30. The van der Waals surface area contributed by atoms with E-state index in [1.54, 1.807) is 79.9 Å². The Bertz CT molecular complexity index is 1920. The van der Waals surface area contributed by atoms with E-state index in [1.165, 1.54) is 0 Å². The van der Waals surface area contributed by atoms with Gasteiger partial charge in [0.25, 0.3) is 0 Å². The van der Waals surface area contributed by atoms with E-state index in [2.05, 4.69) is 64.4 Å². The van der Waals surface area contributed by atoms with Crippen molar-refractivity contribution in [2.45, 2.75) is 62.4 Å².